The molecule has 21 heavy (non-hydrogen) atoms. The highest BCUT2D eigenvalue weighted by Gasteiger charge is 2.37. The number of pyridine rings is 1. The maximum Gasteiger partial charge on any atom is 0.246 e. The van der Waals surface area contributed by atoms with Crippen molar-refractivity contribution < 1.29 is 13.2 Å². The lowest BCUT2D eigenvalue weighted by Crippen LogP contribution is -2.50. The lowest BCUT2D eigenvalue weighted by atomic mass is 10.3. The minimum Gasteiger partial charge on any atom is -0.340 e. The zero-order chi connectivity index (χ0) is 15.0. The first-order chi connectivity index (χ1) is 10.00. The average Bonchev–Trinajstić information content (AvgIpc) is 3.31. The summed E-state index contributed by atoms with van der Waals surface area (Å²) >= 11 is 5.88. The highest BCUT2D eigenvalue weighted by Crippen LogP contribution is 2.31. The largest absolute Gasteiger partial charge is 0.340 e. The van der Waals surface area contributed by atoms with Gasteiger partial charge in [0.15, 0.2) is 0 Å². The van der Waals surface area contributed by atoms with Crippen LogP contribution in [0.2, 0.25) is 5.15 Å². The van der Waals surface area contributed by atoms with Gasteiger partial charge in [-0.2, -0.15) is 4.31 Å². The van der Waals surface area contributed by atoms with E-state index in [-0.39, 0.29) is 21.9 Å². The van der Waals surface area contributed by atoms with E-state index in [0.29, 0.717) is 26.2 Å². The number of amides is 1. The van der Waals surface area contributed by atoms with Crippen molar-refractivity contribution in [3.63, 3.8) is 0 Å². The Labute approximate surface area is 128 Å². The van der Waals surface area contributed by atoms with E-state index in [1.165, 1.54) is 16.6 Å². The molecule has 1 aromatic rings. The Morgan fingerprint density at radius 3 is 2.48 bits per heavy atom. The van der Waals surface area contributed by atoms with Crippen LogP contribution in [0.4, 0.5) is 0 Å². The minimum atomic E-state index is -3.65. The number of sulfonamides is 1. The number of nitrogens with zero attached hydrogens (tertiary/aromatic N) is 3. The van der Waals surface area contributed by atoms with Crippen LogP contribution < -0.4 is 0 Å². The molecule has 2 aliphatic rings. The number of aromatic nitrogens is 1. The fourth-order valence-electron chi connectivity index (χ4n) is 2.44. The molecule has 8 heteroatoms. The van der Waals surface area contributed by atoms with Crippen molar-refractivity contribution in [2.75, 3.05) is 26.2 Å². The van der Waals surface area contributed by atoms with Crippen molar-refractivity contribution in [3.05, 3.63) is 23.5 Å². The Hall–Kier alpha value is -1.18. The minimum absolute atomic E-state index is 0.0195. The van der Waals surface area contributed by atoms with E-state index in [1.54, 1.807) is 11.0 Å². The number of hydrogen-bond acceptors (Lipinski definition) is 4. The molecule has 0 aromatic carbocycles. The quantitative estimate of drug-likeness (QED) is 0.775. The van der Waals surface area contributed by atoms with Crippen molar-refractivity contribution >= 4 is 27.5 Å². The topological polar surface area (TPSA) is 70.6 Å². The molecule has 0 spiro atoms. The summed E-state index contributed by atoms with van der Waals surface area (Å²) in [6.45, 7) is 1.47. The first-order valence-electron chi connectivity index (χ1n) is 6.89. The molecule has 1 amide bonds. The van der Waals surface area contributed by atoms with Gasteiger partial charge in [-0.3, -0.25) is 4.79 Å². The molecule has 0 unspecified atom stereocenters. The van der Waals surface area contributed by atoms with Crippen molar-refractivity contribution in [2.45, 2.75) is 17.7 Å². The molecule has 114 valence electrons. The highest BCUT2D eigenvalue weighted by atomic mass is 35.5. The number of carbonyl (C=O) groups excluding carboxylic acids is 1. The summed E-state index contributed by atoms with van der Waals surface area (Å²) in [6, 6.07) is 3.00. The maximum atomic E-state index is 12.5. The molecule has 3 rings (SSSR count). The SMILES string of the molecule is O=C(C1CC1)N1CCN(S(=O)(=O)c2cccnc2Cl)CC1. The highest BCUT2D eigenvalue weighted by molar-refractivity contribution is 7.89. The predicted octanol–water partition coefficient (Wildman–Crippen LogP) is 0.978. The summed E-state index contributed by atoms with van der Waals surface area (Å²) in [5.41, 5.74) is 0. The summed E-state index contributed by atoms with van der Waals surface area (Å²) in [5, 5.41) is -0.0195. The summed E-state index contributed by atoms with van der Waals surface area (Å²) < 4.78 is 26.4. The predicted molar refractivity (Wildman–Crippen MR) is 77.3 cm³/mol. The van der Waals surface area contributed by atoms with Crippen LogP contribution in [-0.2, 0) is 14.8 Å². The Bertz CT molecular complexity index is 652. The standard InChI is InChI=1S/C13H16ClN3O3S/c14-12-11(2-1-5-15-12)21(19,20)17-8-6-16(7-9-17)13(18)10-3-4-10/h1-2,5,10H,3-4,6-9H2. The molecule has 1 saturated carbocycles. The first-order valence-corrected chi connectivity index (χ1v) is 8.71. The Balaban J connectivity index is 1.71. The number of piperazine rings is 1. The van der Waals surface area contributed by atoms with Crippen LogP contribution >= 0.6 is 11.6 Å². The maximum absolute atomic E-state index is 12.5. The molecule has 2 fully saturated rings. The molecule has 1 aliphatic carbocycles. The number of rotatable bonds is 3. The fraction of sp³-hybridized carbons (Fsp3) is 0.538. The molecule has 1 saturated heterocycles. The van der Waals surface area contributed by atoms with E-state index in [1.807, 2.05) is 0 Å². The van der Waals surface area contributed by atoms with Crippen molar-refractivity contribution in [2.24, 2.45) is 5.92 Å². The van der Waals surface area contributed by atoms with Gasteiger partial charge in [0.1, 0.15) is 10.0 Å². The molecule has 0 atom stereocenters. The van der Waals surface area contributed by atoms with Gasteiger partial charge in [0.05, 0.1) is 0 Å². The van der Waals surface area contributed by atoms with Gasteiger partial charge in [0.25, 0.3) is 0 Å². The van der Waals surface area contributed by atoms with Gasteiger partial charge in [0, 0.05) is 38.3 Å². The van der Waals surface area contributed by atoms with Gasteiger partial charge in [-0.25, -0.2) is 13.4 Å². The van der Waals surface area contributed by atoms with Crippen molar-refractivity contribution in [1.29, 1.82) is 0 Å². The van der Waals surface area contributed by atoms with Crippen molar-refractivity contribution in [1.82, 2.24) is 14.2 Å². The molecule has 6 nitrogen and oxygen atoms in total. The van der Waals surface area contributed by atoms with Crippen LogP contribution in [0.3, 0.4) is 0 Å². The number of halogens is 1. The third-order valence-corrected chi connectivity index (χ3v) is 6.16. The van der Waals surface area contributed by atoms with E-state index < -0.39 is 10.0 Å². The third-order valence-electron chi connectivity index (χ3n) is 3.82. The van der Waals surface area contributed by atoms with Crippen LogP contribution in [0.1, 0.15) is 12.8 Å². The van der Waals surface area contributed by atoms with Gasteiger partial charge in [0.2, 0.25) is 15.9 Å². The Morgan fingerprint density at radius 2 is 1.90 bits per heavy atom. The zero-order valence-electron chi connectivity index (χ0n) is 11.4. The Kier molecular flexibility index (Phi) is 3.90. The first kappa shape index (κ1) is 14.7. The molecular formula is C13H16ClN3O3S. The Morgan fingerprint density at radius 1 is 1.24 bits per heavy atom. The van der Waals surface area contributed by atoms with Crippen LogP contribution in [0, 0.1) is 5.92 Å². The molecule has 0 bridgehead atoms. The van der Waals surface area contributed by atoms with Crippen LogP contribution in [-0.4, -0.2) is 54.7 Å². The van der Waals surface area contributed by atoms with Crippen LogP contribution in [0.25, 0.3) is 0 Å². The number of hydrogen-bond donors (Lipinski definition) is 0. The third kappa shape index (κ3) is 2.90. The number of carbonyl (C=O) groups is 1. The van der Waals surface area contributed by atoms with E-state index in [0.717, 1.165) is 12.8 Å². The molecule has 0 radical (unpaired) electrons. The smallest absolute Gasteiger partial charge is 0.246 e. The monoisotopic (exact) mass is 329 g/mol. The normalized spacial score (nSPS) is 20.5. The van der Waals surface area contributed by atoms with E-state index in [2.05, 4.69) is 4.98 Å². The summed E-state index contributed by atoms with van der Waals surface area (Å²) in [4.78, 5) is 17.6. The van der Waals surface area contributed by atoms with Gasteiger partial charge >= 0.3 is 0 Å². The van der Waals surface area contributed by atoms with Gasteiger partial charge in [-0.05, 0) is 25.0 Å². The van der Waals surface area contributed by atoms with Gasteiger partial charge < -0.3 is 4.90 Å². The fourth-order valence-corrected chi connectivity index (χ4v) is 4.29. The van der Waals surface area contributed by atoms with Gasteiger partial charge in [-0.15, -0.1) is 0 Å². The summed E-state index contributed by atoms with van der Waals surface area (Å²) in [5.74, 6) is 0.326. The van der Waals surface area contributed by atoms with Gasteiger partial charge in [-0.1, -0.05) is 11.6 Å². The van der Waals surface area contributed by atoms with E-state index in [9.17, 15) is 13.2 Å². The lowest BCUT2D eigenvalue weighted by molar-refractivity contribution is -0.133. The second-order valence-corrected chi connectivity index (χ2v) is 7.56. The average molecular weight is 330 g/mol. The molecule has 1 aliphatic heterocycles. The molecular weight excluding hydrogens is 314 g/mol. The second kappa shape index (κ2) is 5.55. The van der Waals surface area contributed by atoms with Crippen LogP contribution in [0.15, 0.2) is 23.2 Å². The van der Waals surface area contributed by atoms with Crippen molar-refractivity contribution in [3.8, 4) is 0 Å². The zero-order valence-corrected chi connectivity index (χ0v) is 13.0. The molecule has 1 aromatic heterocycles. The van der Waals surface area contributed by atoms with Crippen LogP contribution in [0.5, 0.6) is 0 Å². The molecule has 2 heterocycles. The second-order valence-electron chi connectivity index (χ2n) is 5.30. The molecule has 0 N–H and O–H groups in total. The van der Waals surface area contributed by atoms with E-state index in [4.69, 9.17) is 11.6 Å². The van der Waals surface area contributed by atoms with E-state index >= 15 is 0 Å². The summed E-state index contributed by atoms with van der Waals surface area (Å²) in [6.07, 6.45) is 3.37. The lowest BCUT2D eigenvalue weighted by Gasteiger charge is -2.34. The summed E-state index contributed by atoms with van der Waals surface area (Å²) in [7, 11) is -3.65.